The summed E-state index contributed by atoms with van der Waals surface area (Å²) in [7, 11) is 0. The van der Waals surface area contributed by atoms with E-state index in [0.717, 1.165) is 19.0 Å². The van der Waals surface area contributed by atoms with Crippen LogP contribution in [0.2, 0.25) is 0 Å². The summed E-state index contributed by atoms with van der Waals surface area (Å²) in [6, 6.07) is 6.02. The first kappa shape index (κ1) is 11.2. The van der Waals surface area contributed by atoms with Gasteiger partial charge in [-0.2, -0.15) is 0 Å². The van der Waals surface area contributed by atoms with Gasteiger partial charge in [-0.15, -0.1) is 21.5 Å². The lowest BCUT2D eigenvalue weighted by atomic mass is 10.3. The third-order valence-corrected chi connectivity index (χ3v) is 4.42. The highest BCUT2D eigenvalue weighted by atomic mass is 79.9. The summed E-state index contributed by atoms with van der Waals surface area (Å²) in [6.45, 7) is 1.77. The maximum absolute atomic E-state index is 5.31. The molecule has 0 saturated heterocycles. The van der Waals surface area contributed by atoms with E-state index >= 15 is 0 Å². The van der Waals surface area contributed by atoms with Crippen LogP contribution < -0.4 is 0 Å². The molecule has 2 heterocycles. The zero-order chi connectivity index (χ0) is 11.8. The number of hydrogen-bond acceptors (Lipinski definition) is 6. The molecule has 0 bridgehead atoms. The number of benzene rings is 1. The smallest absolute Gasteiger partial charge is 0.283 e. The van der Waals surface area contributed by atoms with Gasteiger partial charge < -0.3 is 4.42 Å². The number of aromatic nitrogens is 3. The highest BCUT2D eigenvalue weighted by Crippen LogP contribution is 2.34. The molecule has 0 radical (unpaired) electrons. The van der Waals surface area contributed by atoms with Crippen molar-refractivity contribution in [3.63, 3.8) is 0 Å². The van der Waals surface area contributed by atoms with Crippen LogP contribution in [0.25, 0.3) is 10.2 Å². The van der Waals surface area contributed by atoms with Crippen molar-refractivity contribution in [1.82, 2.24) is 15.2 Å². The molecule has 0 N–H and O–H groups in total. The summed E-state index contributed by atoms with van der Waals surface area (Å²) >= 11 is 6.44. The van der Waals surface area contributed by atoms with E-state index in [9.17, 15) is 0 Å². The topological polar surface area (TPSA) is 51.8 Å². The lowest BCUT2D eigenvalue weighted by Gasteiger charge is -1.86. The third kappa shape index (κ3) is 2.36. The van der Waals surface area contributed by atoms with E-state index in [1.54, 1.807) is 18.3 Å². The molecule has 3 rings (SSSR count). The van der Waals surface area contributed by atoms with Crippen molar-refractivity contribution in [2.45, 2.75) is 16.5 Å². The first-order valence-electron chi connectivity index (χ1n) is 4.75. The molecule has 7 heteroatoms. The summed E-state index contributed by atoms with van der Waals surface area (Å²) in [6.07, 6.45) is 0. The quantitative estimate of drug-likeness (QED) is 0.714. The van der Waals surface area contributed by atoms with Crippen molar-refractivity contribution < 1.29 is 4.42 Å². The minimum Gasteiger partial charge on any atom is -0.416 e. The molecule has 4 nitrogen and oxygen atoms in total. The molecular formula is C10H6BrN3OS2. The van der Waals surface area contributed by atoms with Crippen molar-refractivity contribution in [3.8, 4) is 0 Å². The van der Waals surface area contributed by atoms with E-state index in [2.05, 4.69) is 37.2 Å². The highest BCUT2D eigenvalue weighted by Gasteiger charge is 2.10. The molecule has 86 valence electrons. The van der Waals surface area contributed by atoms with E-state index in [4.69, 9.17) is 4.42 Å². The van der Waals surface area contributed by atoms with Crippen LogP contribution in [0, 0.1) is 6.92 Å². The van der Waals surface area contributed by atoms with Gasteiger partial charge in [0, 0.05) is 23.2 Å². The van der Waals surface area contributed by atoms with Crippen LogP contribution >= 0.6 is 39.0 Å². The van der Waals surface area contributed by atoms with Crippen LogP contribution in [0.4, 0.5) is 0 Å². The Labute approximate surface area is 114 Å². The number of nitrogens with zero attached hydrogens (tertiary/aromatic N) is 3. The number of rotatable bonds is 2. The average molecular weight is 328 g/mol. The van der Waals surface area contributed by atoms with Gasteiger partial charge in [-0.05, 0) is 18.2 Å². The molecule has 0 fully saturated rings. The fourth-order valence-corrected chi connectivity index (χ4v) is 3.75. The molecule has 17 heavy (non-hydrogen) atoms. The normalized spacial score (nSPS) is 11.2. The highest BCUT2D eigenvalue weighted by molar-refractivity contribution is 9.10. The van der Waals surface area contributed by atoms with Crippen molar-refractivity contribution in [2.24, 2.45) is 0 Å². The van der Waals surface area contributed by atoms with E-state index in [1.165, 1.54) is 11.8 Å². The molecule has 0 aliphatic heterocycles. The average Bonchev–Trinajstić information content (AvgIpc) is 2.84. The number of halogens is 1. The number of thiazole rings is 1. The van der Waals surface area contributed by atoms with Gasteiger partial charge in [0.25, 0.3) is 5.22 Å². The zero-order valence-corrected chi connectivity index (χ0v) is 11.9. The Morgan fingerprint density at radius 2 is 2.24 bits per heavy atom. The summed E-state index contributed by atoms with van der Waals surface area (Å²) in [5.74, 6) is 0.566. The Hall–Kier alpha value is -0.920. The number of fused-ring (bicyclic) bond motifs is 1. The Morgan fingerprint density at radius 3 is 3.00 bits per heavy atom. The maximum Gasteiger partial charge on any atom is 0.283 e. The molecule has 3 aromatic rings. The minimum absolute atomic E-state index is 0.528. The van der Waals surface area contributed by atoms with Crippen LogP contribution in [0.1, 0.15) is 5.89 Å². The van der Waals surface area contributed by atoms with Gasteiger partial charge in [-0.1, -0.05) is 15.9 Å². The van der Waals surface area contributed by atoms with E-state index in [1.807, 2.05) is 12.1 Å². The second kappa shape index (κ2) is 4.40. The predicted molar refractivity (Wildman–Crippen MR) is 70.5 cm³/mol. The fourth-order valence-electron chi connectivity index (χ4n) is 1.32. The molecular weight excluding hydrogens is 322 g/mol. The third-order valence-electron chi connectivity index (χ3n) is 2.01. The largest absolute Gasteiger partial charge is 0.416 e. The van der Waals surface area contributed by atoms with E-state index < -0.39 is 0 Å². The molecule has 0 aliphatic carbocycles. The van der Waals surface area contributed by atoms with Crippen molar-refractivity contribution >= 4 is 49.2 Å². The van der Waals surface area contributed by atoms with Gasteiger partial charge in [-0.25, -0.2) is 4.98 Å². The molecule has 0 saturated carbocycles. The van der Waals surface area contributed by atoms with Crippen LogP contribution in [0.3, 0.4) is 0 Å². The monoisotopic (exact) mass is 327 g/mol. The SMILES string of the molecule is Cc1nnc(Sc2nc3ccc(Br)cc3s2)o1. The van der Waals surface area contributed by atoms with Crippen LogP contribution in [-0.2, 0) is 0 Å². The summed E-state index contributed by atoms with van der Waals surface area (Å²) in [4.78, 5) is 4.49. The fraction of sp³-hybridized carbons (Fsp3) is 0.100. The maximum atomic E-state index is 5.31. The van der Waals surface area contributed by atoms with Gasteiger partial charge in [-0.3, -0.25) is 0 Å². The van der Waals surface area contributed by atoms with Crippen molar-refractivity contribution in [2.75, 3.05) is 0 Å². The molecule has 0 atom stereocenters. The minimum atomic E-state index is 0.528. The lowest BCUT2D eigenvalue weighted by Crippen LogP contribution is -1.72. The van der Waals surface area contributed by atoms with Crippen LogP contribution in [0.15, 0.2) is 36.7 Å². The Balaban J connectivity index is 1.95. The predicted octanol–water partition coefficient (Wildman–Crippen LogP) is 3.90. The molecule has 2 aromatic heterocycles. The van der Waals surface area contributed by atoms with Crippen LogP contribution in [-0.4, -0.2) is 15.2 Å². The first-order chi connectivity index (χ1) is 8.20. The number of aryl methyl sites for hydroxylation is 1. The Kier molecular flexibility index (Phi) is 2.89. The Bertz CT molecular complexity index is 679. The lowest BCUT2D eigenvalue weighted by molar-refractivity contribution is 0.429. The molecule has 0 unspecified atom stereocenters. The zero-order valence-electron chi connectivity index (χ0n) is 8.68. The summed E-state index contributed by atoms with van der Waals surface area (Å²) < 4.78 is 8.40. The van der Waals surface area contributed by atoms with Crippen LogP contribution in [0.5, 0.6) is 0 Å². The Morgan fingerprint density at radius 1 is 1.35 bits per heavy atom. The molecule has 0 amide bonds. The van der Waals surface area contributed by atoms with E-state index in [0.29, 0.717) is 11.1 Å². The summed E-state index contributed by atoms with van der Waals surface area (Å²) in [5, 5.41) is 8.24. The first-order valence-corrected chi connectivity index (χ1v) is 7.17. The van der Waals surface area contributed by atoms with Gasteiger partial charge in [0.1, 0.15) is 0 Å². The second-order valence-electron chi connectivity index (χ2n) is 3.28. The van der Waals surface area contributed by atoms with Crippen molar-refractivity contribution in [1.29, 1.82) is 0 Å². The van der Waals surface area contributed by atoms with Gasteiger partial charge >= 0.3 is 0 Å². The standard InChI is InChI=1S/C10H6BrN3OS2/c1-5-13-14-9(15-5)17-10-12-7-3-2-6(11)4-8(7)16-10/h2-4H,1H3. The van der Waals surface area contributed by atoms with Gasteiger partial charge in [0.05, 0.1) is 10.2 Å². The summed E-state index contributed by atoms with van der Waals surface area (Å²) in [5.41, 5.74) is 0.983. The number of hydrogen-bond donors (Lipinski definition) is 0. The molecule has 1 aromatic carbocycles. The molecule has 0 spiro atoms. The second-order valence-corrected chi connectivity index (χ2v) is 6.43. The van der Waals surface area contributed by atoms with Gasteiger partial charge in [0.15, 0.2) is 4.34 Å². The van der Waals surface area contributed by atoms with E-state index in [-0.39, 0.29) is 0 Å². The van der Waals surface area contributed by atoms with Crippen molar-refractivity contribution in [3.05, 3.63) is 28.6 Å². The van der Waals surface area contributed by atoms with Gasteiger partial charge in [0.2, 0.25) is 5.89 Å². The molecule has 0 aliphatic rings.